The number of aromatic amines is 1. The Morgan fingerprint density at radius 2 is 2.04 bits per heavy atom. The van der Waals surface area contributed by atoms with Crippen LogP contribution in [0.1, 0.15) is 5.56 Å². The molecule has 0 bridgehead atoms. The molecule has 3 rings (SSSR count). The second kappa shape index (κ2) is 9.21. The molecule has 7 heteroatoms. The maximum Gasteiger partial charge on any atom is 0.228 e. The third-order valence-electron chi connectivity index (χ3n) is 3.94. The first-order valence-corrected chi connectivity index (χ1v) is 8.83. The molecule has 0 saturated heterocycles. The molecule has 27 heavy (non-hydrogen) atoms. The van der Waals surface area contributed by atoms with Crippen LogP contribution >= 0.6 is 11.6 Å². The van der Waals surface area contributed by atoms with Gasteiger partial charge in [-0.25, -0.2) is 0 Å². The van der Waals surface area contributed by atoms with Crippen LogP contribution in [0.2, 0.25) is 5.02 Å². The number of amides is 1. The number of carbonyl (C=O) groups is 1. The van der Waals surface area contributed by atoms with Crippen molar-refractivity contribution < 1.29 is 14.3 Å². The smallest absolute Gasteiger partial charge is 0.228 e. The number of aromatic nitrogens is 2. The van der Waals surface area contributed by atoms with Crippen molar-refractivity contribution in [1.82, 2.24) is 10.2 Å². The van der Waals surface area contributed by atoms with E-state index < -0.39 is 0 Å². The van der Waals surface area contributed by atoms with Gasteiger partial charge in [0.1, 0.15) is 12.4 Å². The van der Waals surface area contributed by atoms with Crippen LogP contribution < -0.4 is 10.1 Å². The molecule has 2 aromatic carbocycles. The maximum atomic E-state index is 12.5. The number of anilines is 1. The van der Waals surface area contributed by atoms with Crippen molar-refractivity contribution in [2.75, 3.05) is 25.6 Å². The number of hydrogen-bond acceptors (Lipinski definition) is 4. The highest BCUT2D eigenvalue weighted by molar-refractivity contribution is 6.31. The second-order valence-electron chi connectivity index (χ2n) is 5.86. The minimum absolute atomic E-state index is 0.171. The molecular formula is C20H20ClN3O3. The van der Waals surface area contributed by atoms with Gasteiger partial charge in [-0.2, -0.15) is 5.10 Å². The lowest BCUT2D eigenvalue weighted by molar-refractivity contribution is -0.115. The van der Waals surface area contributed by atoms with Gasteiger partial charge in [-0.1, -0.05) is 35.9 Å². The Morgan fingerprint density at radius 1 is 1.19 bits per heavy atom. The highest BCUT2D eigenvalue weighted by atomic mass is 35.5. The number of carbonyl (C=O) groups excluding carboxylic acids is 1. The molecule has 0 saturated carbocycles. The number of ether oxygens (including phenoxy) is 2. The lowest BCUT2D eigenvalue weighted by atomic mass is 10.1. The topological polar surface area (TPSA) is 76.2 Å². The average molecular weight is 386 g/mol. The van der Waals surface area contributed by atoms with Gasteiger partial charge in [0.05, 0.1) is 24.9 Å². The summed E-state index contributed by atoms with van der Waals surface area (Å²) in [7, 11) is 1.61. The van der Waals surface area contributed by atoms with Crippen molar-refractivity contribution in [3.05, 3.63) is 65.4 Å². The summed E-state index contributed by atoms with van der Waals surface area (Å²) in [6.45, 7) is 0.821. The van der Waals surface area contributed by atoms with Crippen molar-refractivity contribution in [3.8, 4) is 16.9 Å². The Hall–Kier alpha value is -2.83. The molecule has 0 spiro atoms. The third kappa shape index (κ3) is 5.09. The molecule has 0 aliphatic carbocycles. The van der Waals surface area contributed by atoms with Crippen LogP contribution in [0.25, 0.3) is 11.1 Å². The van der Waals surface area contributed by atoms with Crippen LogP contribution in [-0.2, 0) is 16.0 Å². The molecule has 0 aliphatic heterocycles. The Labute approximate surface area is 162 Å². The monoisotopic (exact) mass is 385 g/mol. The molecule has 140 valence electrons. The van der Waals surface area contributed by atoms with Crippen molar-refractivity contribution in [2.45, 2.75) is 6.42 Å². The van der Waals surface area contributed by atoms with Crippen LogP contribution in [0.15, 0.2) is 54.9 Å². The molecule has 0 unspecified atom stereocenters. The molecule has 1 heterocycles. The normalized spacial score (nSPS) is 10.6. The molecule has 2 N–H and O–H groups in total. The van der Waals surface area contributed by atoms with E-state index in [4.69, 9.17) is 21.1 Å². The van der Waals surface area contributed by atoms with Crippen LogP contribution in [0.4, 0.5) is 5.69 Å². The van der Waals surface area contributed by atoms with Crippen LogP contribution in [0.5, 0.6) is 5.75 Å². The summed E-state index contributed by atoms with van der Waals surface area (Å²) in [5.74, 6) is 0.397. The van der Waals surface area contributed by atoms with E-state index in [-0.39, 0.29) is 12.3 Å². The lowest BCUT2D eigenvalue weighted by Crippen LogP contribution is -2.16. The predicted octanol–water partition coefficient (Wildman–Crippen LogP) is 3.94. The van der Waals surface area contributed by atoms with E-state index in [0.717, 1.165) is 16.7 Å². The van der Waals surface area contributed by atoms with Crippen molar-refractivity contribution in [1.29, 1.82) is 0 Å². The van der Waals surface area contributed by atoms with Gasteiger partial charge in [0.2, 0.25) is 5.91 Å². The van der Waals surface area contributed by atoms with Gasteiger partial charge in [0.15, 0.2) is 0 Å². The fourth-order valence-electron chi connectivity index (χ4n) is 2.58. The zero-order valence-corrected chi connectivity index (χ0v) is 15.6. The molecule has 0 aliphatic rings. The van der Waals surface area contributed by atoms with Gasteiger partial charge < -0.3 is 14.8 Å². The summed E-state index contributed by atoms with van der Waals surface area (Å²) in [5, 5.41) is 10.2. The molecule has 1 amide bonds. The fraction of sp³-hybridized carbons (Fsp3) is 0.200. The number of halogens is 1. The van der Waals surface area contributed by atoms with Crippen LogP contribution in [0.3, 0.4) is 0 Å². The lowest BCUT2D eigenvalue weighted by Gasteiger charge is -2.14. The minimum Gasteiger partial charge on any atom is -0.489 e. The van der Waals surface area contributed by atoms with E-state index in [1.165, 1.54) is 0 Å². The maximum absolute atomic E-state index is 12.5. The highest BCUT2D eigenvalue weighted by Gasteiger charge is 2.12. The number of methoxy groups -OCH3 is 1. The number of benzene rings is 2. The van der Waals surface area contributed by atoms with Gasteiger partial charge in [0, 0.05) is 23.9 Å². The van der Waals surface area contributed by atoms with Crippen molar-refractivity contribution in [2.24, 2.45) is 0 Å². The number of nitrogens with one attached hydrogen (secondary N) is 2. The number of nitrogens with zero attached hydrogens (tertiary/aromatic N) is 1. The molecule has 6 nitrogen and oxygen atoms in total. The van der Waals surface area contributed by atoms with Gasteiger partial charge in [-0.15, -0.1) is 0 Å². The van der Waals surface area contributed by atoms with Crippen molar-refractivity contribution in [3.63, 3.8) is 0 Å². The van der Waals surface area contributed by atoms with E-state index in [9.17, 15) is 4.79 Å². The molecule has 1 aromatic heterocycles. The zero-order chi connectivity index (χ0) is 19.1. The second-order valence-corrected chi connectivity index (χ2v) is 6.26. The molecular weight excluding hydrogens is 366 g/mol. The van der Waals surface area contributed by atoms with E-state index in [2.05, 4.69) is 15.5 Å². The summed E-state index contributed by atoms with van der Waals surface area (Å²) < 4.78 is 10.8. The Bertz CT molecular complexity index is 897. The van der Waals surface area contributed by atoms with E-state index in [1.54, 1.807) is 25.6 Å². The highest BCUT2D eigenvalue weighted by Crippen LogP contribution is 2.31. The summed E-state index contributed by atoms with van der Waals surface area (Å²) in [6.07, 6.45) is 3.70. The van der Waals surface area contributed by atoms with E-state index in [0.29, 0.717) is 29.7 Å². The van der Waals surface area contributed by atoms with Crippen LogP contribution in [0, 0.1) is 0 Å². The first kappa shape index (κ1) is 18.9. The zero-order valence-electron chi connectivity index (χ0n) is 14.9. The molecule has 0 radical (unpaired) electrons. The molecule has 3 aromatic rings. The van der Waals surface area contributed by atoms with Gasteiger partial charge in [0.25, 0.3) is 0 Å². The van der Waals surface area contributed by atoms with Crippen molar-refractivity contribution >= 4 is 23.2 Å². The Kier molecular flexibility index (Phi) is 6.46. The quantitative estimate of drug-likeness (QED) is 0.576. The summed E-state index contributed by atoms with van der Waals surface area (Å²) >= 11 is 6.14. The summed E-state index contributed by atoms with van der Waals surface area (Å²) in [5.41, 5.74) is 3.23. The van der Waals surface area contributed by atoms with E-state index >= 15 is 0 Å². The minimum atomic E-state index is -0.171. The largest absolute Gasteiger partial charge is 0.489 e. The first-order valence-electron chi connectivity index (χ1n) is 8.45. The SMILES string of the molecule is COCCOc1cc(-c2cn[nH]c2)ccc1NC(=O)Cc1ccccc1Cl. The predicted molar refractivity (Wildman–Crippen MR) is 105 cm³/mol. The average Bonchev–Trinajstić information content (AvgIpc) is 3.20. The van der Waals surface area contributed by atoms with E-state index in [1.807, 2.05) is 36.4 Å². The fourth-order valence-corrected chi connectivity index (χ4v) is 2.78. The third-order valence-corrected chi connectivity index (χ3v) is 4.31. The summed E-state index contributed by atoms with van der Waals surface area (Å²) in [6, 6.07) is 12.9. The Balaban J connectivity index is 1.78. The summed E-state index contributed by atoms with van der Waals surface area (Å²) in [4.78, 5) is 12.5. The molecule has 0 fully saturated rings. The molecule has 0 atom stereocenters. The number of hydrogen-bond donors (Lipinski definition) is 2. The number of H-pyrrole nitrogens is 1. The van der Waals surface area contributed by atoms with Gasteiger partial charge >= 0.3 is 0 Å². The first-order chi connectivity index (χ1) is 13.2. The van der Waals surface area contributed by atoms with Crippen LogP contribution in [-0.4, -0.2) is 36.4 Å². The standard InChI is InChI=1S/C20H20ClN3O3/c1-26-8-9-27-19-10-14(16-12-22-23-13-16)6-7-18(19)24-20(25)11-15-4-2-3-5-17(15)21/h2-7,10,12-13H,8-9,11H2,1H3,(H,22,23)(H,24,25). The Morgan fingerprint density at radius 3 is 2.78 bits per heavy atom. The number of rotatable bonds is 8. The van der Waals surface area contributed by atoms with Gasteiger partial charge in [-0.05, 0) is 29.3 Å². The van der Waals surface area contributed by atoms with Gasteiger partial charge in [-0.3, -0.25) is 9.89 Å².